The largest absolute Gasteiger partial charge is 0.363 e. The Hall–Kier alpha value is -1.52. The number of ether oxygens (including phenoxy) is 1. The van der Waals surface area contributed by atoms with Gasteiger partial charge in [-0.3, -0.25) is 9.79 Å². The Morgan fingerprint density at radius 1 is 1.47 bits per heavy atom. The Bertz CT molecular complexity index is 547. The molecule has 4 heteroatoms. The van der Waals surface area contributed by atoms with Crippen molar-refractivity contribution in [3.63, 3.8) is 0 Å². The monoisotopic (exact) mass is 258 g/mol. The first-order valence-corrected chi connectivity index (χ1v) is 6.64. The Morgan fingerprint density at radius 3 is 2.89 bits per heavy atom. The first kappa shape index (κ1) is 12.5. The number of Topliss-reactive ketones (excluding diaryl/α,β-unsaturated/α-hetero) is 1. The van der Waals surface area contributed by atoms with Crippen LogP contribution in [-0.4, -0.2) is 29.7 Å². The molecule has 4 nitrogen and oxygen atoms in total. The predicted molar refractivity (Wildman–Crippen MR) is 73.2 cm³/mol. The Morgan fingerprint density at radius 2 is 2.21 bits per heavy atom. The summed E-state index contributed by atoms with van der Waals surface area (Å²) in [6, 6.07) is 7.53. The summed E-state index contributed by atoms with van der Waals surface area (Å²) in [6.07, 6.45) is 1.23. The van der Waals surface area contributed by atoms with Crippen LogP contribution in [-0.2, 0) is 16.1 Å². The van der Waals surface area contributed by atoms with Crippen molar-refractivity contribution < 1.29 is 9.53 Å². The van der Waals surface area contributed by atoms with Gasteiger partial charge in [0, 0.05) is 6.42 Å². The molecule has 0 bridgehead atoms. The van der Waals surface area contributed by atoms with Gasteiger partial charge in [-0.25, -0.2) is 0 Å². The molecule has 0 amide bonds. The van der Waals surface area contributed by atoms with Crippen LogP contribution in [0.4, 0.5) is 0 Å². The van der Waals surface area contributed by atoms with E-state index in [0.29, 0.717) is 19.6 Å². The highest BCUT2D eigenvalue weighted by molar-refractivity contribution is 6.15. The van der Waals surface area contributed by atoms with Gasteiger partial charge < -0.3 is 10.5 Å². The number of epoxide rings is 1. The van der Waals surface area contributed by atoms with Gasteiger partial charge in [-0.2, -0.15) is 0 Å². The van der Waals surface area contributed by atoms with Gasteiger partial charge >= 0.3 is 0 Å². The SMILES string of the molecule is Cc1ccccc1CN=C1C(N)C(=O)CCC12CO2. The van der Waals surface area contributed by atoms with Gasteiger partial charge in [0.1, 0.15) is 11.6 Å². The summed E-state index contributed by atoms with van der Waals surface area (Å²) in [5, 5.41) is 0. The quantitative estimate of drug-likeness (QED) is 0.815. The van der Waals surface area contributed by atoms with Crippen molar-refractivity contribution in [2.75, 3.05) is 6.61 Å². The van der Waals surface area contributed by atoms with Gasteiger partial charge in [0.05, 0.1) is 18.9 Å². The fraction of sp³-hybridized carbons (Fsp3) is 0.467. The maximum Gasteiger partial charge on any atom is 0.155 e. The lowest BCUT2D eigenvalue weighted by molar-refractivity contribution is -0.119. The van der Waals surface area contributed by atoms with Crippen LogP contribution in [0.2, 0.25) is 0 Å². The first-order chi connectivity index (χ1) is 9.12. The summed E-state index contributed by atoms with van der Waals surface area (Å²) in [4.78, 5) is 16.3. The van der Waals surface area contributed by atoms with Crippen LogP contribution in [0, 0.1) is 6.92 Å². The smallest absolute Gasteiger partial charge is 0.155 e. The molecule has 2 atom stereocenters. The standard InChI is InChI=1S/C15H18N2O2/c1-10-4-2-3-5-11(10)8-17-14-13(16)12(18)6-7-15(14)9-19-15/h2-5,13H,6-9,16H2,1H3. The molecule has 2 unspecified atom stereocenters. The van der Waals surface area contributed by atoms with Crippen LogP contribution in [0.15, 0.2) is 29.3 Å². The van der Waals surface area contributed by atoms with Crippen LogP contribution in [0.1, 0.15) is 24.0 Å². The third kappa shape index (κ3) is 2.22. The molecule has 1 aromatic rings. The minimum atomic E-state index is -0.583. The molecule has 1 aliphatic carbocycles. The van der Waals surface area contributed by atoms with E-state index in [4.69, 9.17) is 10.5 Å². The predicted octanol–water partition coefficient (Wildman–Crippen LogP) is 1.40. The van der Waals surface area contributed by atoms with Crippen molar-refractivity contribution in [2.45, 2.75) is 38.0 Å². The number of nitrogens with two attached hydrogens (primary N) is 1. The minimum Gasteiger partial charge on any atom is -0.363 e. The molecule has 1 aromatic carbocycles. The number of rotatable bonds is 2. The summed E-state index contributed by atoms with van der Waals surface area (Å²) in [5.74, 6) is 0.0738. The van der Waals surface area contributed by atoms with Gasteiger partial charge in [-0.1, -0.05) is 24.3 Å². The zero-order chi connectivity index (χ0) is 13.5. The molecule has 1 spiro atoms. The van der Waals surface area contributed by atoms with Crippen molar-refractivity contribution in [2.24, 2.45) is 10.7 Å². The van der Waals surface area contributed by atoms with E-state index in [1.165, 1.54) is 5.56 Å². The molecular weight excluding hydrogens is 240 g/mol. The summed E-state index contributed by atoms with van der Waals surface area (Å²) in [5.41, 5.74) is 8.76. The second-order valence-electron chi connectivity index (χ2n) is 5.35. The number of ketones is 1. The molecule has 0 radical (unpaired) electrons. The number of hydrogen-bond donors (Lipinski definition) is 1. The molecule has 2 fully saturated rings. The van der Waals surface area contributed by atoms with Crippen LogP contribution in [0.3, 0.4) is 0 Å². The lowest BCUT2D eigenvalue weighted by Gasteiger charge is -2.25. The van der Waals surface area contributed by atoms with Gasteiger partial charge in [0.25, 0.3) is 0 Å². The fourth-order valence-corrected chi connectivity index (χ4v) is 2.62. The average molecular weight is 258 g/mol. The molecule has 1 heterocycles. The fourth-order valence-electron chi connectivity index (χ4n) is 2.62. The normalized spacial score (nSPS) is 32.0. The van der Waals surface area contributed by atoms with Gasteiger partial charge in [-0.05, 0) is 24.5 Å². The molecule has 2 N–H and O–H groups in total. The van der Waals surface area contributed by atoms with Crippen molar-refractivity contribution in [3.05, 3.63) is 35.4 Å². The van der Waals surface area contributed by atoms with Crippen LogP contribution in [0.5, 0.6) is 0 Å². The number of hydrogen-bond acceptors (Lipinski definition) is 4. The van der Waals surface area contributed by atoms with Crippen molar-refractivity contribution in [1.82, 2.24) is 0 Å². The average Bonchev–Trinajstić information content (AvgIpc) is 3.17. The summed E-state index contributed by atoms with van der Waals surface area (Å²) < 4.78 is 5.52. The Labute approximate surface area is 112 Å². The minimum absolute atomic E-state index is 0.0738. The highest BCUT2D eigenvalue weighted by Crippen LogP contribution is 2.38. The summed E-state index contributed by atoms with van der Waals surface area (Å²) in [6.45, 7) is 3.28. The first-order valence-electron chi connectivity index (χ1n) is 6.64. The summed E-state index contributed by atoms with van der Waals surface area (Å²) in [7, 11) is 0. The number of carbonyl (C=O) groups excluding carboxylic acids is 1. The molecule has 3 rings (SSSR count). The molecule has 100 valence electrons. The van der Waals surface area contributed by atoms with Gasteiger partial charge in [-0.15, -0.1) is 0 Å². The van der Waals surface area contributed by atoms with Crippen LogP contribution in [0.25, 0.3) is 0 Å². The topological polar surface area (TPSA) is 68.0 Å². The van der Waals surface area contributed by atoms with E-state index in [2.05, 4.69) is 24.0 Å². The number of aliphatic imine (C=N–C) groups is 1. The van der Waals surface area contributed by atoms with E-state index in [1.807, 2.05) is 12.1 Å². The van der Waals surface area contributed by atoms with Crippen LogP contribution < -0.4 is 5.73 Å². The Balaban J connectivity index is 1.85. The zero-order valence-electron chi connectivity index (χ0n) is 11.1. The second kappa shape index (κ2) is 4.54. The van der Waals surface area contributed by atoms with Crippen molar-refractivity contribution in [3.8, 4) is 0 Å². The summed E-state index contributed by atoms with van der Waals surface area (Å²) >= 11 is 0. The van der Waals surface area contributed by atoms with E-state index in [1.54, 1.807) is 0 Å². The maximum absolute atomic E-state index is 11.7. The van der Waals surface area contributed by atoms with Gasteiger partial charge in [0.15, 0.2) is 5.78 Å². The highest BCUT2D eigenvalue weighted by atomic mass is 16.6. The molecular formula is C15H18N2O2. The third-order valence-corrected chi connectivity index (χ3v) is 4.06. The Kier molecular flexibility index (Phi) is 2.99. The van der Waals surface area contributed by atoms with E-state index < -0.39 is 6.04 Å². The lowest BCUT2D eigenvalue weighted by Crippen LogP contribution is -2.50. The zero-order valence-corrected chi connectivity index (χ0v) is 11.1. The molecule has 1 saturated heterocycles. The highest BCUT2D eigenvalue weighted by Gasteiger charge is 2.55. The molecule has 2 aliphatic rings. The van der Waals surface area contributed by atoms with Gasteiger partial charge in [0.2, 0.25) is 0 Å². The van der Waals surface area contributed by atoms with E-state index >= 15 is 0 Å². The number of aryl methyl sites for hydroxylation is 1. The molecule has 19 heavy (non-hydrogen) atoms. The lowest BCUT2D eigenvalue weighted by atomic mass is 9.83. The van der Waals surface area contributed by atoms with E-state index in [0.717, 1.165) is 17.7 Å². The maximum atomic E-state index is 11.7. The van der Waals surface area contributed by atoms with Crippen molar-refractivity contribution >= 4 is 11.5 Å². The molecule has 0 aromatic heterocycles. The van der Waals surface area contributed by atoms with E-state index in [9.17, 15) is 4.79 Å². The van der Waals surface area contributed by atoms with Crippen molar-refractivity contribution in [1.29, 1.82) is 0 Å². The van der Waals surface area contributed by atoms with E-state index in [-0.39, 0.29) is 11.4 Å². The number of carbonyl (C=O) groups is 1. The molecule has 1 aliphatic heterocycles. The van der Waals surface area contributed by atoms with Crippen LogP contribution >= 0.6 is 0 Å². The third-order valence-electron chi connectivity index (χ3n) is 4.06. The second-order valence-corrected chi connectivity index (χ2v) is 5.35. The number of benzene rings is 1. The number of nitrogens with zero attached hydrogens (tertiary/aromatic N) is 1. The molecule has 1 saturated carbocycles.